The Morgan fingerprint density at radius 1 is 1.05 bits per heavy atom. The highest BCUT2D eigenvalue weighted by molar-refractivity contribution is 6.01. The van der Waals surface area contributed by atoms with Crippen LogP contribution < -0.4 is 15.4 Å². The largest absolute Gasteiger partial charge is 0.493 e. The van der Waals surface area contributed by atoms with Crippen LogP contribution in [0, 0.1) is 0 Å². The average Bonchev–Trinajstić information content (AvgIpc) is 2.55. The molecule has 0 saturated carbocycles. The minimum absolute atomic E-state index is 0.0669. The molecule has 1 atom stereocenters. The SMILES string of the molecule is CCCCOc1ccccc1C1NC(=O)c2ccccc2N1. The van der Waals surface area contributed by atoms with Gasteiger partial charge >= 0.3 is 0 Å². The molecule has 0 saturated heterocycles. The number of hydrogen-bond donors (Lipinski definition) is 2. The van der Waals surface area contributed by atoms with Crippen LogP contribution in [0.15, 0.2) is 48.5 Å². The number of amides is 1. The zero-order valence-corrected chi connectivity index (χ0v) is 12.6. The van der Waals surface area contributed by atoms with Crippen molar-refractivity contribution in [3.05, 3.63) is 59.7 Å². The lowest BCUT2D eigenvalue weighted by Gasteiger charge is -2.29. The fourth-order valence-electron chi connectivity index (χ4n) is 2.54. The van der Waals surface area contributed by atoms with Gasteiger partial charge in [0.15, 0.2) is 0 Å². The maximum absolute atomic E-state index is 12.2. The van der Waals surface area contributed by atoms with Crippen LogP contribution in [0.5, 0.6) is 5.75 Å². The molecule has 0 spiro atoms. The van der Waals surface area contributed by atoms with E-state index in [9.17, 15) is 4.79 Å². The molecule has 2 N–H and O–H groups in total. The van der Waals surface area contributed by atoms with E-state index in [1.165, 1.54) is 0 Å². The Labute approximate surface area is 130 Å². The van der Waals surface area contributed by atoms with Crippen molar-refractivity contribution in [2.75, 3.05) is 11.9 Å². The second kappa shape index (κ2) is 6.52. The van der Waals surface area contributed by atoms with Gasteiger partial charge in [-0.3, -0.25) is 4.79 Å². The monoisotopic (exact) mass is 296 g/mol. The van der Waals surface area contributed by atoms with Crippen LogP contribution in [0.2, 0.25) is 0 Å². The highest BCUT2D eigenvalue weighted by Gasteiger charge is 2.25. The van der Waals surface area contributed by atoms with E-state index in [0.717, 1.165) is 29.8 Å². The third-order valence-corrected chi connectivity index (χ3v) is 3.73. The molecule has 0 bridgehead atoms. The van der Waals surface area contributed by atoms with Gasteiger partial charge in [0.05, 0.1) is 12.2 Å². The van der Waals surface area contributed by atoms with Crippen molar-refractivity contribution < 1.29 is 9.53 Å². The minimum atomic E-state index is -0.278. The number of rotatable bonds is 5. The van der Waals surface area contributed by atoms with E-state index in [0.29, 0.717) is 12.2 Å². The molecule has 2 aromatic rings. The summed E-state index contributed by atoms with van der Waals surface area (Å²) in [5.74, 6) is 0.746. The Bertz CT molecular complexity index is 670. The number of carbonyl (C=O) groups is 1. The topological polar surface area (TPSA) is 50.4 Å². The van der Waals surface area contributed by atoms with Crippen LogP contribution in [0.25, 0.3) is 0 Å². The van der Waals surface area contributed by atoms with E-state index >= 15 is 0 Å². The summed E-state index contributed by atoms with van der Waals surface area (Å²) in [6, 6.07) is 15.3. The number of carbonyl (C=O) groups excluding carboxylic acids is 1. The first-order valence-electron chi connectivity index (χ1n) is 7.67. The molecule has 2 aromatic carbocycles. The van der Waals surface area contributed by atoms with Crippen LogP contribution >= 0.6 is 0 Å². The van der Waals surface area contributed by atoms with Gasteiger partial charge in [-0.1, -0.05) is 43.7 Å². The first-order valence-corrected chi connectivity index (χ1v) is 7.67. The first kappa shape index (κ1) is 14.4. The van der Waals surface area contributed by atoms with Crippen LogP contribution in [-0.4, -0.2) is 12.5 Å². The number of para-hydroxylation sites is 2. The lowest BCUT2D eigenvalue weighted by molar-refractivity contribution is 0.0935. The number of anilines is 1. The van der Waals surface area contributed by atoms with Gasteiger partial charge in [-0.05, 0) is 24.6 Å². The van der Waals surface area contributed by atoms with Gasteiger partial charge in [-0.25, -0.2) is 0 Å². The summed E-state index contributed by atoms with van der Waals surface area (Å²) in [5, 5.41) is 6.35. The highest BCUT2D eigenvalue weighted by atomic mass is 16.5. The van der Waals surface area contributed by atoms with Crippen molar-refractivity contribution in [2.45, 2.75) is 25.9 Å². The molecule has 1 heterocycles. The number of nitrogens with one attached hydrogen (secondary N) is 2. The number of ether oxygens (including phenoxy) is 1. The zero-order chi connectivity index (χ0) is 15.4. The molecule has 0 aliphatic carbocycles. The van der Waals surface area contributed by atoms with E-state index in [1.54, 1.807) is 0 Å². The van der Waals surface area contributed by atoms with E-state index in [4.69, 9.17) is 4.74 Å². The molecule has 3 rings (SSSR count). The quantitative estimate of drug-likeness (QED) is 0.827. The predicted octanol–water partition coefficient (Wildman–Crippen LogP) is 3.72. The summed E-state index contributed by atoms with van der Waals surface area (Å²) in [7, 11) is 0. The van der Waals surface area contributed by atoms with Gasteiger partial charge in [-0.15, -0.1) is 0 Å². The highest BCUT2D eigenvalue weighted by Crippen LogP contribution is 2.31. The molecule has 0 fully saturated rings. The van der Waals surface area contributed by atoms with Crippen molar-refractivity contribution in [1.29, 1.82) is 0 Å². The van der Waals surface area contributed by atoms with Crippen LogP contribution in [-0.2, 0) is 0 Å². The van der Waals surface area contributed by atoms with Gasteiger partial charge in [0.2, 0.25) is 0 Å². The molecular formula is C18H20N2O2. The standard InChI is InChI=1S/C18H20N2O2/c1-2-3-12-22-16-11-7-5-9-14(16)17-19-15-10-6-4-8-13(15)18(21)20-17/h4-11,17,19H,2-3,12H2,1H3,(H,20,21). The third-order valence-electron chi connectivity index (χ3n) is 3.73. The fourth-order valence-corrected chi connectivity index (χ4v) is 2.54. The van der Waals surface area contributed by atoms with E-state index in [-0.39, 0.29) is 12.1 Å². The van der Waals surface area contributed by atoms with Crippen molar-refractivity contribution in [3.8, 4) is 5.75 Å². The summed E-state index contributed by atoms with van der Waals surface area (Å²) in [5.41, 5.74) is 2.46. The average molecular weight is 296 g/mol. The molecule has 4 heteroatoms. The molecule has 114 valence electrons. The van der Waals surface area contributed by atoms with Crippen LogP contribution in [0.4, 0.5) is 5.69 Å². The summed E-state index contributed by atoms with van der Waals surface area (Å²) in [6.07, 6.45) is 1.83. The van der Waals surface area contributed by atoms with Crippen molar-refractivity contribution in [2.24, 2.45) is 0 Å². The number of unbranched alkanes of at least 4 members (excludes halogenated alkanes) is 1. The normalized spacial score (nSPS) is 16.4. The number of benzene rings is 2. The minimum Gasteiger partial charge on any atom is -0.493 e. The van der Waals surface area contributed by atoms with Gasteiger partial charge < -0.3 is 15.4 Å². The second-order valence-corrected chi connectivity index (χ2v) is 5.34. The fraction of sp³-hybridized carbons (Fsp3) is 0.278. The van der Waals surface area contributed by atoms with Crippen molar-refractivity contribution in [1.82, 2.24) is 5.32 Å². The van der Waals surface area contributed by atoms with E-state index in [2.05, 4.69) is 17.6 Å². The Morgan fingerprint density at radius 2 is 1.82 bits per heavy atom. The Kier molecular flexibility index (Phi) is 4.28. The summed E-state index contributed by atoms with van der Waals surface area (Å²) >= 11 is 0. The third kappa shape index (κ3) is 2.91. The molecule has 0 aromatic heterocycles. The molecule has 1 amide bonds. The maximum Gasteiger partial charge on any atom is 0.255 e. The van der Waals surface area contributed by atoms with Crippen LogP contribution in [0.1, 0.15) is 41.9 Å². The van der Waals surface area contributed by atoms with Crippen molar-refractivity contribution >= 4 is 11.6 Å². The maximum atomic E-state index is 12.2. The lowest BCUT2D eigenvalue weighted by atomic mass is 10.1. The molecular weight excluding hydrogens is 276 g/mol. The molecule has 1 unspecified atom stereocenters. The molecule has 1 aliphatic rings. The molecule has 1 aliphatic heterocycles. The second-order valence-electron chi connectivity index (χ2n) is 5.34. The number of hydrogen-bond acceptors (Lipinski definition) is 3. The number of fused-ring (bicyclic) bond motifs is 1. The summed E-state index contributed by atoms with van der Waals surface area (Å²) in [6.45, 7) is 2.82. The molecule has 0 radical (unpaired) electrons. The smallest absolute Gasteiger partial charge is 0.255 e. The van der Waals surface area contributed by atoms with E-state index < -0.39 is 0 Å². The Morgan fingerprint density at radius 3 is 2.68 bits per heavy atom. The molecule has 4 nitrogen and oxygen atoms in total. The van der Waals surface area contributed by atoms with Gasteiger partial charge in [0, 0.05) is 11.3 Å². The zero-order valence-electron chi connectivity index (χ0n) is 12.6. The van der Waals surface area contributed by atoms with Gasteiger partial charge in [0.25, 0.3) is 5.91 Å². The van der Waals surface area contributed by atoms with Gasteiger partial charge in [-0.2, -0.15) is 0 Å². The Hall–Kier alpha value is -2.49. The van der Waals surface area contributed by atoms with Crippen molar-refractivity contribution in [3.63, 3.8) is 0 Å². The van der Waals surface area contributed by atoms with Crippen LogP contribution in [0.3, 0.4) is 0 Å². The Balaban J connectivity index is 1.85. The molecule has 22 heavy (non-hydrogen) atoms. The first-order chi connectivity index (χ1) is 10.8. The van der Waals surface area contributed by atoms with E-state index in [1.807, 2.05) is 48.5 Å². The summed E-state index contributed by atoms with van der Waals surface area (Å²) < 4.78 is 5.86. The lowest BCUT2D eigenvalue weighted by Crippen LogP contribution is -2.38. The predicted molar refractivity (Wildman–Crippen MR) is 87.1 cm³/mol. The van der Waals surface area contributed by atoms with Gasteiger partial charge in [0.1, 0.15) is 11.9 Å². The summed E-state index contributed by atoms with van der Waals surface area (Å²) in [4.78, 5) is 12.2.